The van der Waals surface area contributed by atoms with Gasteiger partial charge >= 0.3 is 12.1 Å². The summed E-state index contributed by atoms with van der Waals surface area (Å²) in [6.45, 7) is -1.70. The highest BCUT2D eigenvalue weighted by atomic mass is 32.1. The molecule has 2 amide bonds. The van der Waals surface area contributed by atoms with Crippen LogP contribution in [0.1, 0.15) is 21.9 Å². The summed E-state index contributed by atoms with van der Waals surface area (Å²) >= 11 is 1.04. The van der Waals surface area contributed by atoms with Crippen molar-refractivity contribution in [2.24, 2.45) is 5.92 Å². The SMILES string of the molecule is O=C(O)c1csc(CNC(=O)C2CC(=O)N(CC(F)(F)F)C2)n1. The molecule has 1 atom stereocenters. The summed E-state index contributed by atoms with van der Waals surface area (Å²) in [5.41, 5.74) is -0.147. The Hall–Kier alpha value is -2.17. The number of aromatic carboxylic acids is 1. The van der Waals surface area contributed by atoms with Gasteiger partial charge in [-0.05, 0) is 0 Å². The summed E-state index contributed by atoms with van der Waals surface area (Å²) in [5, 5.41) is 12.8. The van der Waals surface area contributed by atoms with E-state index in [-0.39, 0.29) is 25.2 Å². The van der Waals surface area contributed by atoms with E-state index in [1.807, 2.05) is 0 Å². The van der Waals surface area contributed by atoms with Gasteiger partial charge in [-0.2, -0.15) is 13.2 Å². The number of nitrogens with zero attached hydrogens (tertiary/aromatic N) is 2. The van der Waals surface area contributed by atoms with E-state index in [4.69, 9.17) is 5.11 Å². The topological polar surface area (TPSA) is 99.6 Å². The number of carboxylic acid groups (broad SMARTS) is 1. The molecule has 7 nitrogen and oxygen atoms in total. The molecule has 0 saturated carbocycles. The first-order valence-corrected chi connectivity index (χ1v) is 7.33. The largest absolute Gasteiger partial charge is 0.476 e. The van der Waals surface area contributed by atoms with Crippen LogP contribution in [-0.2, 0) is 16.1 Å². The number of likely N-dealkylation sites (tertiary alicyclic amines) is 1. The second kappa shape index (κ2) is 6.52. The average molecular weight is 351 g/mol. The molecular weight excluding hydrogens is 339 g/mol. The van der Waals surface area contributed by atoms with Crippen molar-refractivity contribution in [3.8, 4) is 0 Å². The summed E-state index contributed by atoms with van der Waals surface area (Å²) in [4.78, 5) is 38.4. The zero-order chi connectivity index (χ0) is 17.2. The van der Waals surface area contributed by atoms with Crippen LogP contribution in [0, 0.1) is 5.92 Å². The number of carbonyl (C=O) groups is 3. The lowest BCUT2D eigenvalue weighted by Crippen LogP contribution is -2.37. The van der Waals surface area contributed by atoms with E-state index in [9.17, 15) is 27.6 Å². The van der Waals surface area contributed by atoms with Crippen molar-refractivity contribution in [3.63, 3.8) is 0 Å². The molecule has 1 aliphatic heterocycles. The molecular formula is C12H12F3N3O4S. The minimum Gasteiger partial charge on any atom is -0.476 e. The molecule has 1 unspecified atom stereocenters. The lowest BCUT2D eigenvalue weighted by molar-refractivity contribution is -0.157. The third kappa shape index (κ3) is 4.65. The Balaban J connectivity index is 1.86. The molecule has 0 aromatic carbocycles. The number of thiazole rings is 1. The number of hydrogen-bond acceptors (Lipinski definition) is 5. The highest BCUT2D eigenvalue weighted by Crippen LogP contribution is 2.24. The Labute approximate surface area is 132 Å². The zero-order valence-electron chi connectivity index (χ0n) is 11.6. The molecule has 0 spiro atoms. The van der Waals surface area contributed by atoms with Crippen LogP contribution in [0.3, 0.4) is 0 Å². The van der Waals surface area contributed by atoms with Crippen molar-refractivity contribution in [2.75, 3.05) is 13.1 Å². The van der Waals surface area contributed by atoms with E-state index in [0.29, 0.717) is 9.91 Å². The Morgan fingerprint density at radius 3 is 2.74 bits per heavy atom. The predicted octanol–water partition coefficient (Wildman–Crippen LogP) is 0.868. The van der Waals surface area contributed by atoms with Crippen LogP contribution in [0.25, 0.3) is 0 Å². The van der Waals surface area contributed by atoms with E-state index in [2.05, 4.69) is 10.3 Å². The number of rotatable bonds is 5. The maximum atomic E-state index is 12.3. The fourth-order valence-electron chi connectivity index (χ4n) is 2.11. The van der Waals surface area contributed by atoms with Crippen LogP contribution in [0.15, 0.2) is 5.38 Å². The third-order valence-electron chi connectivity index (χ3n) is 3.14. The van der Waals surface area contributed by atoms with Crippen LogP contribution in [0.5, 0.6) is 0 Å². The van der Waals surface area contributed by atoms with Gasteiger partial charge in [0.15, 0.2) is 5.69 Å². The molecule has 2 heterocycles. The number of carbonyl (C=O) groups excluding carboxylic acids is 2. The van der Waals surface area contributed by atoms with Crippen molar-refractivity contribution in [3.05, 3.63) is 16.1 Å². The van der Waals surface area contributed by atoms with Crippen molar-refractivity contribution in [1.82, 2.24) is 15.2 Å². The van der Waals surface area contributed by atoms with Crippen molar-refractivity contribution in [2.45, 2.75) is 19.1 Å². The van der Waals surface area contributed by atoms with Crippen molar-refractivity contribution in [1.29, 1.82) is 0 Å². The number of carboxylic acids is 1. The first-order valence-electron chi connectivity index (χ1n) is 6.45. The molecule has 11 heteroatoms. The van der Waals surface area contributed by atoms with Crippen LogP contribution in [-0.4, -0.2) is 52.0 Å². The second-order valence-corrected chi connectivity index (χ2v) is 5.88. The predicted molar refractivity (Wildman–Crippen MR) is 71.7 cm³/mol. The normalized spacial score (nSPS) is 18.3. The molecule has 1 aromatic rings. The van der Waals surface area contributed by atoms with Gasteiger partial charge in [-0.3, -0.25) is 9.59 Å². The maximum Gasteiger partial charge on any atom is 0.406 e. The van der Waals surface area contributed by atoms with Crippen molar-refractivity contribution < 1.29 is 32.7 Å². The maximum absolute atomic E-state index is 12.3. The standard InChI is InChI=1S/C12H12F3N3O4S/c13-12(14,15)5-18-3-6(1-9(18)19)10(20)16-2-8-17-7(4-23-8)11(21)22/h4,6H,1-3,5H2,(H,16,20)(H,21,22). The molecule has 0 aliphatic carbocycles. The monoisotopic (exact) mass is 351 g/mol. The number of amides is 2. The molecule has 0 bridgehead atoms. The number of nitrogens with one attached hydrogen (secondary N) is 1. The number of hydrogen-bond donors (Lipinski definition) is 2. The third-order valence-corrected chi connectivity index (χ3v) is 3.99. The lowest BCUT2D eigenvalue weighted by atomic mass is 10.1. The number of alkyl halides is 3. The quantitative estimate of drug-likeness (QED) is 0.820. The lowest BCUT2D eigenvalue weighted by Gasteiger charge is -2.18. The Morgan fingerprint density at radius 2 is 2.17 bits per heavy atom. The van der Waals surface area contributed by atoms with E-state index in [1.165, 1.54) is 5.38 Å². The summed E-state index contributed by atoms with van der Waals surface area (Å²) < 4.78 is 36.9. The minimum absolute atomic E-state index is 0.0409. The molecule has 2 rings (SSSR count). The second-order valence-electron chi connectivity index (χ2n) is 4.94. The minimum atomic E-state index is -4.50. The summed E-state index contributed by atoms with van der Waals surface area (Å²) in [5.74, 6) is -3.33. The fourth-order valence-corrected chi connectivity index (χ4v) is 2.82. The van der Waals surface area contributed by atoms with Gasteiger partial charge in [-0.1, -0.05) is 0 Å². The van der Waals surface area contributed by atoms with Gasteiger partial charge in [-0.25, -0.2) is 9.78 Å². The highest BCUT2D eigenvalue weighted by molar-refractivity contribution is 7.09. The Kier molecular flexibility index (Phi) is 4.88. The van der Waals surface area contributed by atoms with Crippen molar-refractivity contribution >= 4 is 29.1 Å². The number of halogens is 3. The zero-order valence-corrected chi connectivity index (χ0v) is 12.4. The van der Waals surface area contributed by atoms with E-state index in [0.717, 1.165) is 11.3 Å². The fraction of sp³-hybridized carbons (Fsp3) is 0.500. The van der Waals surface area contributed by atoms with Gasteiger partial charge in [0.2, 0.25) is 11.8 Å². The molecule has 0 radical (unpaired) electrons. The van der Waals surface area contributed by atoms with Crippen LogP contribution in [0.2, 0.25) is 0 Å². The van der Waals surface area contributed by atoms with Crippen LogP contribution in [0.4, 0.5) is 13.2 Å². The molecule has 1 saturated heterocycles. The summed E-state index contributed by atoms with van der Waals surface area (Å²) in [6, 6.07) is 0. The molecule has 126 valence electrons. The first kappa shape index (κ1) is 17.2. The van der Waals surface area contributed by atoms with E-state index >= 15 is 0 Å². The van der Waals surface area contributed by atoms with Gasteiger partial charge in [0.1, 0.15) is 11.6 Å². The van der Waals surface area contributed by atoms with Crippen LogP contribution >= 0.6 is 11.3 Å². The molecule has 1 fully saturated rings. The van der Waals surface area contributed by atoms with Crippen LogP contribution < -0.4 is 5.32 Å². The van der Waals surface area contributed by atoms with Gasteiger partial charge in [-0.15, -0.1) is 11.3 Å². The molecule has 1 aromatic heterocycles. The smallest absolute Gasteiger partial charge is 0.406 e. The molecule has 1 aliphatic rings. The summed E-state index contributed by atoms with van der Waals surface area (Å²) in [7, 11) is 0. The highest BCUT2D eigenvalue weighted by Gasteiger charge is 2.40. The van der Waals surface area contributed by atoms with Gasteiger partial charge in [0.25, 0.3) is 0 Å². The molecule has 2 N–H and O–H groups in total. The Bertz CT molecular complexity index is 631. The molecule has 23 heavy (non-hydrogen) atoms. The summed E-state index contributed by atoms with van der Waals surface area (Å²) in [6.07, 6.45) is -4.78. The van der Waals surface area contributed by atoms with Gasteiger partial charge < -0.3 is 15.3 Å². The van der Waals surface area contributed by atoms with Gasteiger partial charge in [0, 0.05) is 18.3 Å². The van der Waals surface area contributed by atoms with E-state index in [1.54, 1.807) is 0 Å². The van der Waals surface area contributed by atoms with E-state index < -0.39 is 36.4 Å². The van der Waals surface area contributed by atoms with Gasteiger partial charge in [0.05, 0.1) is 12.5 Å². The first-order chi connectivity index (χ1) is 10.7. The average Bonchev–Trinajstić information content (AvgIpc) is 3.02. The Morgan fingerprint density at radius 1 is 1.48 bits per heavy atom. The number of aromatic nitrogens is 1.